The number of nitrogens with zero attached hydrogens (tertiary/aromatic N) is 2. The number of benzene rings is 1. The first-order chi connectivity index (χ1) is 9.49. The summed E-state index contributed by atoms with van der Waals surface area (Å²) in [6.07, 6.45) is -4.80. The van der Waals surface area contributed by atoms with Crippen molar-refractivity contribution in [2.24, 2.45) is 10.9 Å². The van der Waals surface area contributed by atoms with E-state index in [0.717, 1.165) is 16.4 Å². The minimum Gasteiger partial charge on any atom is -0.409 e. The lowest BCUT2D eigenvalue weighted by atomic mass is 10.1. The molecule has 0 unspecified atom stereocenters. The van der Waals surface area contributed by atoms with Gasteiger partial charge < -0.3 is 10.9 Å². The Morgan fingerprint density at radius 1 is 1.38 bits per heavy atom. The molecule has 0 fully saturated rings. The van der Waals surface area contributed by atoms with Gasteiger partial charge in [0, 0.05) is 19.7 Å². The van der Waals surface area contributed by atoms with Crippen LogP contribution in [0, 0.1) is 0 Å². The molecule has 1 aromatic rings. The van der Waals surface area contributed by atoms with Gasteiger partial charge >= 0.3 is 16.4 Å². The van der Waals surface area contributed by atoms with Crippen LogP contribution in [0.4, 0.5) is 18.9 Å². The first kappa shape index (κ1) is 17.0. The maximum Gasteiger partial charge on any atom is 0.417 e. The Kier molecular flexibility index (Phi) is 4.69. The fourth-order valence-corrected chi connectivity index (χ4v) is 1.97. The van der Waals surface area contributed by atoms with Crippen LogP contribution >= 0.6 is 0 Å². The number of halogens is 3. The maximum atomic E-state index is 12.9. The Hall–Kier alpha value is -2.01. The predicted octanol–water partition coefficient (Wildman–Crippen LogP) is 1.02. The number of hydrogen-bond acceptors (Lipinski definition) is 4. The van der Waals surface area contributed by atoms with Gasteiger partial charge in [-0.15, -0.1) is 0 Å². The van der Waals surface area contributed by atoms with E-state index in [1.54, 1.807) is 0 Å². The van der Waals surface area contributed by atoms with Crippen molar-refractivity contribution in [2.45, 2.75) is 6.18 Å². The molecule has 1 rings (SSSR count). The Morgan fingerprint density at radius 2 is 1.95 bits per heavy atom. The van der Waals surface area contributed by atoms with Crippen molar-refractivity contribution >= 4 is 21.7 Å². The van der Waals surface area contributed by atoms with Crippen LogP contribution in [-0.4, -0.2) is 37.9 Å². The van der Waals surface area contributed by atoms with Crippen LogP contribution < -0.4 is 10.5 Å². The van der Waals surface area contributed by atoms with Gasteiger partial charge in [-0.1, -0.05) is 5.16 Å². The third-order valence-corrected chi connectivity index (χ3v) is 3.89. The summed E-state index contributed by atoms with van der Waals surface area (Å²) in [7, 11) is -1.51. The fourth-order valence-electron chi connectivity index (χ4n) is 1.36. The minimum absolute atomic E-state index is 0.300. The molecule has 0 saturated heterocycles. The maximum absolute atomic E-state index is 12.9. The summed E-state index contributed by atoms with van der Waals surface area (Å²) in [4.78, 5) is 0. The number of nitrogens with two attached hydrogens (primary N) is 1. The van der Waals surface area contributed by atoms with Gasteiger partial charge in [-0.3, -0.25) is 4.72 Å². The molecular weight excluding hydrogens is 313 g/mol. The molecule has 0 amide bonds. The number of rotatable bonds is 4. The molecule has 11 heteroatoms. The van der Waals surface area contributed by atoms with Crippen LogP contribution in [0.3, 0.4) is 0 Å². The smallest absolute Gasteiger partial charge is 0.409 e. The minimum atomic E-state index is -4.80. The summed E-state index contributed by atoms with van der Waals surface area (Å²) in [6, 6.07) is 2.55. The van der Waals surface area contributed by atoms with Gasteiger partial charge in [0.2, 0.25) is 0 Å². The van der Waals surface area contributed by atoms with Crippen molar-refractivity contribution in [1.82, 2.24) is 4.31 Å². The molecule has 0 aromatic heterocycles. The highest BCUT2D eigenvalue weighted by molar-refractivity contribution is 7.90. The Bertz CT molecular complexity index is 656. The van der Waals surface area contributed by atoms with E-state index in [0.29, 0.717) is 6.07 Å². The molecule has 0 bridgehead atoms. The average molecular weight is 326 g/mol. The summed E-state index contributed by atoms with van der Waals surface area (Å²) in [5.41, 5.74) is 3.09. The molecule has 0 heterocycles. The van der Waals surface area contributed by atoms with Gasteiger partial charge in [-0.2, -0.15) is 25.9 Å². The Balaban J connectivity index is 3.36. The van der Waals surface area contributed by atoms with Gasteiger partial charge in [0.05, 0.1) is 11.3 Å². The summed E-state index contributed by atoms with van der Waals surface area (Å²) >= 11 is 0. The summed E-state index contributed by atoms with van der Waals surface area (Å²) in [5, 5.41) is 11.0. The lowest BCUT2D eigenvalue weighted by molar-refractivity contribution is -0.137. The van der Waals surface area contributed by atoms with Crippen molar-refractivity contribution < 1.29 is 26.8 Å². The van der Waals surface area contributed by atoms with Crippen molar-refractivity contribution in [1.29, 1.82) is 0 Å². The van der Waals surface area contributed by atoms with Gasteiger partial charge in [-0.25, -0.2) is 0 Å². The lowest BCUT2D eigenvalue weighted by Gasteiger charge is -2.16. The fraction of sp³-hybridized carbons (Fsp3) is 0.300. The van der Waals surface area contributed by atoms with Gasteiger partial charge in [0.15, 0.2) is 5.84 Å². The van der Waals surface area contributed by atoms with Crippen LogP contribution in [0.15, 0.2) is 23.4 Å². The number of amidine groups is 1. The number of oxime groups is 1. The van der Waals surface area contributed by atoms with E-state index in [4.69, 9.17) is 10.9 Å². The zero-order chi connectivity index (χ0) is 16.4. The van der Waals surface area contributed by atoms with Crippen LogP contribution in [0.1, 0.15) is 11.1 Å². The molecular formula is C10H13F3N4O3S. The zero-order valence-electron chi connectivity index (χ0n) is 11.0. The third kappa shape index (κ3) is 3.98. The predicted molar refractivity (Wildman–Crippen MR) is 70.2 cm³/mol. The van der Waals surface area contributed by atoms with E-state index in [9.17, 15) is 21.6 Å². The quantitative estimate of drug-likeness (QED) is 0.332. The van der Waals surface area contributed by atoms with E-state index < -0.39 is 33.3 Å². The highest BCUT2D eigenvalue weighted by Crippen LogP contribution is 2.34. The molecule has 0 aliphatic heterocycles. The zero-order valence-corrected chi connectivity index (χ0v) is 11.8. The molecule has 4 N–H and O–H groups in total. The van der Waals surface area contributed by atoms with Crippen LogP contribution in [0.2, 0.25) is 0 Å². The van der Waals surface area contributed by atoms with E-state index >= 15 is 0 Å². The molecule has 0 aliphatic carbocycles. The summed E-state index contributed by atoms with van der Waals surface area (Å²) in [6.45, 7) is 0. The topological polar surface area (TPSA) is 108 Å². The number of alkyl halides is 3. The molecule has 1 aromatic carbocycles. The van der Waals surface area contributed by atoms with Gasteiger partial charge in [0.1, 0.15) is 0 Å². The first-order valence-corrected chi connectivity index (χ1v) is 6.82. The highest BCUT2D eigenvalue weighted by Gasteiger charge is 2.35. The first-order valence-electron chi connectivity index (χ1n) is 5.38. The van der Waals surface area contributed by atoms with Crippen molar-refractivity contribution in [2.75, 3.05) is 18.8 Å². The standard InChI is InChI=1S/C10H13F3N4O3S/c1-17(2)21(19,20)16-6-3-4-7(9(14)15-18)8(5-6)10(11,12)13/h3-5,16,18H,1-2H3,(H2,14,15). The summed E-state index contributed by atoms with van der Waals surface area (Å²) in [5.74, 6) is -0.732. The molecule has 0 aliphatic rings. The molecule has 0 atom stereocenters. The largest absolute Gasteiger partial charge is 0.417 e. The molecule has 118 valence electrons. The monoisotopic (exact) mass is 326 g/mol. The molecule has 0 radical (unpaired) electrons. The van der Waals surface area contributed by atoms with Crippen molar-refractivity contribution in [3.8, 4) is 0 Å². The van der Waals surface area contributed by atoms with E-state index in [1.165, 1.54) is 14.1 Å². The van der Waals surface area contributed by atoms with Crippen molar-refractivity contribution in [3.05, 3.63) is 29.3 Å². The van der Waals surface area contributed by atoms with Gasteiger partial charge in [-0.05, 0) is 18.2 Å². The Morgan fingerprint density at radius 3 is 2.38 bits per heavy atom. The lowest BCUT2D eigenvalue weighted by Crippen LogP contribution is -2.29. The Labute approximate surface area is 119 Å². The van der Waals surface area contributed by atoms with Crippen molar-refractivity contribution in [3.63, 3.8) is 0 Å². The van der Waals surface area contributed by atoms with E-state index in [1.807, 2.05) is 4.72 Å². The van der Waals surface area contributed by atoms with Crippen LogP contribution in [0.5, 0.6) is 0 Å². The van der Waals surface area contributed by atoms with Gasteiger partial charge in [0.25, 0.3) is 0 Å². The van der Waals surface area contributed by atoms with E-state index in [-0.39, 0.29) is 5.69 Å². The van der Waals surface area contributed by atoms with E-state index in [2.05, 4.69) is 5.16 Å². The van der Waals surface area contributed by atoms with Crippen LogP contribution in [-0.2, 0) is 16.4 Å². The third-order valence-electron chi connectivity index (χ3n) is 2.44. The average Bonchev–Trinajstić information content (AvgIpc) is 2.36. The second kappa shape index (κ2) is 5.77. The number of anilines is 1. The second-order valence-electron chi connectivity index (χ2n) is 4.13. The van der Waals surface area contributed by atoms with Crippen LogP contribution in [0.25, 0.3) is 0 Å². The molecule has 21 heavy (non-hydrogen) atoms. The molecule has 0 spiro atoms. The normalized spacial score (nSPS) is 13.5. The highest BCUT2D eigenvalue weighted by atomic mass is 32.2. The molecule has 7 nitrogen and oxygen atoms in total. The second-order valence-corrected chi connectivity index (χ2v) is 6.02. The molecule has 0 saturated carbocycles. The summed E-state index contributed by atoms with van der Waals surface area (Å²) < 4.78 is 64.7. The SMILES string of the molecule is CN(C)S(=O)(=O)Nc1ccc(C(N)=NO)c(C(F)(F)F)c1. The number of nitrogens with one attached hydrogen (secondary N) is 1. The number of hydrogen-bond donors (Lipinski definition) is 3.